The third kappa shape index (κ3) is 3.62. The Bertz CT molecular complexity index is 553. The van der Waals surface area contributed by atoms with Crippen molar-refractivity contribution in [1.82, 2.24) is 4.90 Å². The highest BCUT2D eigenvalue weighted by Gasteiger charge is 2.40. The topological polar surface area (TPSA) is 46.3 Å². The summed E-state index contributed by atoms with van der Waals surface area (Å²) in [7, 11) is 1.88. The minimum atomic E-state index is 0.117. The SMILES string of the molecule is CN(Cc1cccc(C(N)=S)c1)C(=O)C1CCCC1(C)C. The normalized spacial score (nSPS) is 20.2. The average Bonchev–Trinajstić information content (AvgIpc) is 2.77. The monoisotopic (exact) mass is 304 g/mol. The molecule has 1 atom stereocenters. The van der Waals surface area contributed by atoms with Gasteiger partial charge in [-0.1, -0.05) is 50.7 Å². The molecule has 0 aliphatic heterocycles. The maximum Gasteiger partial charge on any atom is 0.226 e. The second kappa shape index (κ2) is 6.14. The summed E-state index contributed by atoms with van der Waals surface area (Å²) < 4.78 is 0. The summed E-state index contributed by atoms with van der Waals surface area (Å²) in [5, 5.41) is 0. The number of nitrogens with two attached hydrogens (primary N) is 1. The van der Waals surface area contributed by atoms with Crippen molar-refractivity contribution in [3.63, 3.8) is 0 Å². The van der Waals surface area contributed by atoms with E-state index in [-0.39, 0.29) is 17.2 Å². The van der Waals surface area contributed by atoms with Crippen molar-refractivity contribution in [2.24, 2.45) is 17.1 Å². The lowest BCUT2D eigenvalue weighted by Crippen LogP contribution is -2.37. The van der Waals surface area contributed by atoms with Crippen LogP contribution in [0.3, 0.4) is 0 Å². The van der Waals surface area contributed by atoms with Crippen molar-refractivity contribution in [3.05, 3.63) is 35.4 Å². The van der Waals surface area contributed by atoms with E-state index in [1.165, 1.54) is 0 Å². The number of nitrogens with zero attached hydrogens (tertiary/aromatic N) is 1. The van der Waals surface area contributed by atoms with Crippen LogP contribution in [-0.2, 0) is 11.3 Å². The number of thiocarbonyl (C=S) groups is 1. The molecular weight excluding hydrogens is 280 g/mol. The van der Waals surface area contributed by atoms with E-state index in [4.69, 9.17) is 18.0 Å². The van der Waals surface area contributed by atoms with Crippen LogP contribution in [0.2, 0.25) is 0 Å². The lowest BCUT2D eigenvalue weighted by atomic mass is 9.81. The van der Waals surface area contributed by atoms with Crippen LogP contribution in [0, 0.1) is 11.3 Å². The Morgan fingerprint density at radius 2 is 2.19 bits per heavy atom. The van der Waals surface area contributed by atoms with E-state index in [1.807, 2.05) is 36.2 Å². The Morgan fingerprint density at radius 3 is 2.76 bits per heavy atom. The molecule has 21 heavy (non-hydrogen) atoms. The van der Waals surface area contributed by atoms with Crippen LogP contribution in [0.5, 0.6) is 0 Å². The van der Waals surface area contributed by atoms with E-state index in [0.717, 1.165) is 30.4 Å². The van der Waals surface area contributed by atoms with Crippen LogP contribution < -0.4 is 5.73 Å². The molecule has 114 valence electrons. The molecule has 1 aromatic rings. The van der Waals surface area contributed by atoms with Crippen LogP contribution >= 0.6 is 12.2 Å². The number of amides is 1. The highest BCUT2D eigenvalue weighted by atomic mass is 32.1. The zero-order valence-corrected chi connectivity index (χ0v) is 13.9. The minimum Gasteiger partial charge on any atom is -0.389 e. The van der Waals surface area contributed by atoms with Crippen molar-refractivity contribution in [2.75, 3.05) is 7.05 Å². The van der Waals surface area contributed by atoms with Gasteiger partial charge < -0.3 is 10.6 Å². The molecule has 0 heterocycles. The lowest BCUT2D eigenvalue weighted by Gasteiger charge is -2.30. The van der Waals surface area contributed by atoms with Crippen molar-refractivity contribution < 1.29 is 4.79 Å². The van der Waals surface area contributed by atoms with Crippen LogP contribution in [0.1, 0.15) is 44.2 Å². The fourth-order valence-electron chi connectivity index (χ4n) is 3.23. The van der Waals surface area contributed by atoms with E-state index in [9.17, 15) is 4.79 Å². The van der Waals surface area contributed by atoms with Gasteiger partial charge in [-0.15, -0.1) is 0 Å². The molecule has 2 N–H and O–H groups in total. The molecule has 0 spiro atoms. The van der Waals surface area contributed by atoms with Gasteiger partial charge in [-0.05, 0) is 29.9 Å². The van der Waals surface area contributed by atoms with Crippen molar-refractivity contribution in [3.8, 4) is 0 Å². The summed E-state index contributed by atoms with van der Waals surface area (Å²) in [6.07, 6.45) is 3.28. The largest absolute Gasteiger partial charge is 0.389 e. The smallest absolute Gasteiger partial charge is 0.226 e. The van der Waals surface area contributed by atoms with Crippen molar-refractivity contribution in [1.29, 1.82) is 0 Å². The molecule has 4 heteroatoms. The lowest BCUT2D eigenvalue weighted by molar-refractivity contribution is -0.137. The van der Waals surface area contributed by atoms with Gasteiger partial charge in [0.05, 0.1) is 0 Å². The number of rotatable bonds is 4. The first-order valence-corrected chi connectivity index (χ1v) is 7.86. The van der Waals surface area contributed by atoms with Gasteiger partial charge in [0.15, 0.2) is 0 Å². The van der Waals surface area contributed by atoms with Crippen molar-refractivity contribution in [2.45, 2.75) is 39.7 Å². The zero-order chi connectivity index (χ0) is 15.6. The van der Waals surface area contributed by atoms with Gasteiger partial charge in [-0.2, -0.15) is 0 Å². The summed E-state index contributed by atoms with van der Waals surface area (Å²) in [5.74, 6) is 0.388. The maximum atomic E-state index is 12.7. The highest BCUT2D eigenvalue weighted by molar-refractivity contribution is 7.80. The first kappa shape index (κ1) is 16.0. The molecule has 2 rings (SSSR count). The molecule has 0 radical (unpaired) electrons. The summed E-state index contributed by atoms with van der Waals surface area (Å²) in [6.45, 7) is 5.00. The minimum absolute atomic E-state index is 0.117. The van der Waals surface area contributed by atoms with E-state index < -0.39 is 0 Å². The molecule has 1 aliphatic carbocycles. The Kier molecular flexibility index (Phi) is 4.67. The maximum absolute atomic E-state index is 12.7. The third-order valence-corrected chi connectivity index (χ3v) is 4.80. The molecule has 1 aliphatic rings. The predicted molar refractivity (Wildman–Crippen MR) is 89.9 cm³/mol. The van der Waals surface area contributed by atoms with Gasteiger partial charge in [0.25, 0.3) is 0 Å². The molecule has 0 saturated heterocycles. The van der Waals surface area contributed by atoms with E-state index in [2.05, 4.69) is 13.8 Å². The molecule has 3 nitrogen and oxygen atoms in total. The Hall–Kier alpha value is -1.42. The van der Waals surface area contributed by atoms with Gasteiger partial charge in [-0.3, -0.25) is 4.79 Å². The number of carbonyl (C=O) groups is 1. The summed E-state index contributed by atoms with van der Waals surface area (Å²) in [5.41, 5.74) is 7.69. The molecule has 1 amide bonds. The Balaban J connectivity index is 2.07. The number of carbonyl (C=O) groups excluding carboxylic acids is 1. The summed E-state index contributed by atoms with van der Waals surface area (Å²) in [6, 6.07) is 7.80. The second-order valence-electron chi connectivity index (χ2n) is 6.69. The molecular formula is C17H24N2OS. The van der Waals surface area contributed by atoms with Gasteiger partial charge in [0.1, 0.15) is 4.99 Å². The Labute approximate surface area is 132 Å². The first-order chi connectivity index (χ1) is 9.81. The van der Waals surface area contributed by atoms with E-state index in [0.29, 0.717) is 11.5 Å². The number of benzene rings is 1. The van der Waals surface area contributed by atoms with Gasteiger partial charge in [-0.25, -0.2) is 0 Å². The van der Waals surface area contributed by atoms with Crippen LogP contribution in [0.4, 0.5) is 0 Å². The average molecular weight is 304 g/mol. The predicted octanol–water partition coefficient (Wildman–Crippen LogP) is 3.11. The Morgan fingerprint density at radius 1 is 1.48 bits per heavy atom. The quantitative estimate of drug-likeness (QED) is 0.869. The molecule has 1 saturated carbocycles. The van der Waals surface area contributed by atoms with Crippen LogP contribution in [0.25, 0.3) is 0 Å². The molecule has 1 aromatic carbocycles. The van der Waals surface area contributed by atoms with Gasteiger partial charge in [0, 0.05) is 25.1 Å². The van der Waals surface area contributed by atoms with Gasteiger partial charge >= 0.3 is 0 Å². The van der Waals surface area contributed by atoms with Crippen molar-refractivity contribution >= 4 is 23.1 Å². The first-order valence-electron chi connectivity index (χ1n) is 7.45. The summed E-state index contributed by atoms with van der Waals surface area (Å²) in [4.78, 5) is 14.9. The molecule has 1 fully saturated rings. The molecule has 0 aromatic heterocycles. The number of hydrogen-bond acceptors (Lipinski definition) is 2. The molecule has 1 unspecified atom stereocenters. The second-order valence-corrected chi connectivity index (χ2v) is 7.13. The summed E-state index contributed by atoms with van der Waals surface area (Å²) >= 11 is 5.00. The van der Waals surface area contributed by atoms with Crippen LogP contribution in [0.15, 0.2) is 24.3 Å². The van der Waals surface area contributed by atoms with E-state index in [1.54, 1.807) is 0 Å². The standard InChI is InChI=1S/C17H24N2OS/c1-17(2)9-5-8-14(17)16(20)19(3)11-12-6-4-7-13(10-12)15(18)21/h4,6-7,10,14H,5,8-9,11H2,1-3H3,(H2,18,21). The fourth-order valence-corrected chi connectivity index (χ4v) is 3.35. The molecule has 0 bridgehead atoms. The fraction of sp³-hybridized carbons (Fsp3) is 0.529. The van der Waals surface area contributed by atoms with E-state index >= 15 is 0 Å². The van der Waals surface area contributed by atoms with Gasteiger partial charge in [0.2, 0.25) is 5.91 Å². The zero-order valence-electron chi connectivity index (χ0n) is 13.1. The van der Waals surface area contributed by atoms with Crippen LogP contribution in [-0.4, -0.2) is 22.8 Å². The number of hydrogen-bond donors (Lipinski definition) is 1. The highest BCUT2D eigenvalue weighted by Crippen LogP contribution is 2.43. The third-order valence-electron chi connectivity index (χ3n) is 4.56.